The van der Waals surface area contributed by atoms with Crippen LogP contribution in [-0.4, -0.2) is 64.1 Å². The molecule has 0 aliphatic carbocycles. The van der Waals surface area contributed by atoms with Crippen molar-refractivity contribution in [1.29, 1.82) is 0 Å². The molecule has 0 aromatic heterocycles. The molecule has 2 atom stereocenters. The number of carbonyl (C=O) groups is 2. The maximum absolute atomic E-state index is 12.4. The first-order valence-corrected chi connectivity index (χ1v) is 12.7. The third-order valence-corrected chi connectivity index (χ3v) is 6.29. The summed E-state index contributed by atoms with van der Waals surface area (Å²) in [7, 11) is 4.35. The van der Waals surface area contributed by atoms with E-state index >= 15 is 0 Å². The van der Waals surface area contributed by atoms with Gasteiger partial charge in [-0.05, 0) is 59.6 Å². The number of hydrogen-bond donors (Lipinski definition) is 4. The van der Waals surface area contributed by atoms with E-state index in [4.69, 9.17) is 23.7 Å². The summed E-state index contributed by atoms with van der Waals surface area (Å²) in [6, 6.07) is 7.28. The zero-order valence-electron chi connectivity index (χ0n) is 22.2. The number of hydrazone groups is 1. The Morgan fingerprint density at radius 1 is 1.13 bits per heavy atom. The van der Waals surface area contributed by atoms with Gasteiger partial charge >= 0.3 is 12.0 Å². The molecule has 0 bridgehead atoms. The van der Waals surface area contributed by atoms with Crippen LogP contribution in [0, 0.1) is 0 Å². The van der Waals surface area contributed by atoms with E-state index in [1.54, 1.807) is 44.4 Å². The van der Waals surface area contributed by atoms with E-state index in [-0.39, 0.29) is 12.2 Å². The number of aliphatic hydroxyl groups excluding tert-OH is 1. The summed E-state index contributed by atoms with van der Waals surface area (Å²) >= 11 is 3.45. The molecule has 1 heterocycles. The predicted molar refractivity (Wildman–Crippen MR) is 146 cm³/mol. The third kappa shape index (κ3) is 7.33. The van der Waals surface area contributed by atoms with Gasteiger partial charge in [0.25, 0.3) is 0 Å². The molecule has 4 N–H and O–H groups in total. The molecule has 0 radical (unpaired) electrons. The topological polar surface area (TPSA) is 149 Å². The molecule has 210 valence electrons. The largest absolute Gasteiger partial charge is 0.493 e. The molecular weight excluding hydrogens is 576 g/mol. The van der Waals surface area contributed by atoms with Gasteiger partial charge in [0.1, 0.15) is 6.61 Å². The van der Waals surface area contributed by atoms with E-state index in [2.05, 4.69) is 37.1 Å². The molecule has 12 nitrogen and oxygen atoms in total. The molecule has 13 heteroatoms. The van der Waals surface area contributed by atoms with Crippen LogP contribution in [0.1, 0.15) is 31.0 Å². The molecule has 2 amide bonds. The number of urea groups is 1. The van der Waals surface area contributed by atoms with Gasteiger partial charge in [-0.1, -0.05) is 6.07 Å². The van der Waals surface area contributed by atoms with Gasteiger partial charge in [-0.3, -0.25) is 5.43 Å². The predicted octanol–water partition coefficient (Wildman–Crippen LogP) is 2.99. The summed E-state index contributed by atoms with van der Waals surface area (Å²) in [6.45, 7) is 3.62. The number of nitrogens with zero attached hydrogens (tertiary/aromatic N) is 1. The highest BCUT2D eigenvalue weighted by molar-refractivity contribution is 9.10. The summed E-state index contributed by atoms with van der Waals surface area (Å²) in [5, 5.41) is 19.7. The Bertz CT molecular complexity index is 1270. The molecule has 0 fully saturated rings. The van der Waals surface area contributed by atoms with Crippen molar-refractivity contribution in [3.63, 3.8) is 0 Å². The maximum atomic E-state index is 12.4. The van der Waals surface area contributed by atoms with Crippen LogP contribution < -0.4 is 35.0 Å². The Kier molecular flexibility index (Phi) is 10.4. The molecule has 0 saturated heterocycles. The van der Waals surface area contributed by atoms with Crippen molar-refractivity contribution in [2.24, 2.45) is 5.10 Å². The first kappa shape index (κ1) is 29.6. The van der Waals surface area contributed by atoms with Gasteiger partial charge in [0.05, 0.1) is 45.8 Å². The Labute approximate surface area is 234 Å². The quantitative estimate of drug-likeness (QED) is 0.124. The van der Waals surface area contributed by atoms with Gasteiger partial charge in [0, 0.05) is 15.7 Å². The number of rotatable bonds is 12. The van der Waals surface area contributed by atoms with Crippen LogP contribution in [-0.2, 0) is 9.53 Å². The molecule has 3 rings (SSSR count). The van der Waals surface area contributed by atoms with Crippen molar-refractivity contribution < 1.29 is 38.4 Å². The van der Waals surface area contributed by atoms with Crippen LogP contribution in [0.2, 0.25) is 0 Å². The molecule has 0 unspecified atom stereocenters. The van der Waals surface area contributed by atoms with Gasteiger partial charge in [0.2, 0.25) is 0 Å². The average molecular weight is 607 g/mol. The van der Waals surface area contributed by atoms with Gasteiger partial charge in [-0.2, -0.15) is 5.10 Å². The van der Waals surface area contributed by atoms with E-state index in [0.717, 1.165) is 4.47 Å². The fourth-order valence-electron chi connectivity index (χ4n) is 3.78. The van der Waals surface area contributed by atoms with Crippen LogP contribution in [0.15, 0.2) is 51.2 Å². The van der Waals surface area contributed by atoms with Crippen LogP contribution >= 0.6 is 15.9 Å². The van der Waals surface area contributed by atoms with E-state index in [9.17, 15) is 14.7 Å². The van der Waals surface area contributed by atoms with E-state index in [1.165, 1.54) is 20.4 Å². The smallest absolute Gasteiger partial charge is 0.337 e. The van der Waals surface area contributed by atoms with Gasteiger partial charge in [0.15, 0.2) is 29.2 Å². The second-order valence-corrected chi connectivity index (χ2v) is 9.00. The zero-order chi connectivity index (χ0) is 28.5. The van der Waals surface area contributed by atoms with Gasteiger partial charge < -0.3 is 39.4 Å². The number of amides is 2. The lowest BCUT2D eigenvalue weighted by molar-refractivity contribution is -0.136. The molecule has 1 aliphatic heterocycles. The Balaban J connectivity index is 1.71. The molecule has 1 aliphatic rings. The van der Waals surface area contributed by atoms with Crippen molar-refractivity contribution in [2.45, 2.75) is 26.1 Å². The lowest BCUT2D eigenvalue weighted by Gasteiger charge is -2.28. The summed E-state index contributed by atoms with van der Waals surface area (Å²) < 4.78 is 27.7. The fourth-order valence-corrected chi connectivity index (χ4v) is 4.21. The standard InChI is InChI=1S/C26H31BrN4O8/c1-6-38-21-9-15(24-23(25(33)37-5)14(2)29-26(34)30-24)7-8-18(21)39-13-22(32)31-28-12-16-10-19(35-3)20(36-4)11-17(16)27/h7-12,22,24,31-32H,6,13H2,1-5H3,(H2,29,30,34)/b28-12-/t22-,24+/m0/s1. The Morgan fingerprint density at radius 2 is 1.85 bits per heavy atom. The van der Waals surface area contributed by atoms with Crippen molar-refractivity contribution in [1.82, 2.24) is 16.1 Å². The van der Waals surface area contributed by atoms with Crippen molar-refractivity contribution in [3.8, 4) is 23.0 Å². The molecule has 0 saturated carbocycles. The van der Waals surface area contributed by atoms with Crippen LogP contribution in [0.4, 0.5) is 4.79 Å². The SMILES string of the molecule is CCOc1cc([C@H]2NC(=O)NC(C)=C2C(=O)OC)ccc1OC[C@H](O)N/N=C\c1cc(OC)c(OC)cc1Br. The molecule has 2 aromatic carbocycles. The minimum absolute atomic E-state index is 0.152. The highest BCUT2D eigenvalue weighted by Crippen LogP contribution is 2.35. The van der Waals surface area contributed by atoms with Crippen LogP contribution in [0.25, 0.3) is 0 Å². The average Bonchev–Trinajstić information content (AvgIpc) is 2.92. The number of benzene rings is 2. The lowest BCUT2D eigenvalue weighted by atomic mass is 9.95. The molecular formula is C26H31BrN4O8. The minimum atomic E-state index is -1.14. The van der Waals surface area contributed by atoms with E-state index in [0.29, 0.717) is 46.4 Å². The van der Waals surface area contributed by atoms with Crippen LogP contribution in [0.3, 0.4) is 0 Å². The van der Waals surface area contributed by atoms with Crippen LogP contribution in [0.5, 0.6) is 23.0 Å². The summed E-state index contributed by atoms with van der Waals surface area (Å²) in [5.74, 6) is 1.25. The number of methoxy groups -OCH3 is 3. The number of aliphatic hydroxyl groups is 1. The number of allylic oxidation sites excluding steroid dienone is 1. The van der Waals surface area contributed by atoms with Gasteiger partial charge in [-0.25, -0.2) is 9.59 Å². The number of hydrogen-bond acceptors (Lipinski definition) is 10. The second-order valence-electron chi connectivity index (χ2n) is 8.14. The minimum Gasteiger partial charge on any atom is -0.493 e. The first-order chi connectivity index (χ1) is 18.7. The third-order valence-electron chi connectivity index (χ3n) is 5.60. The molecule has 2 aromatic rings. The zero-order valence-corrected chi connectivity index (χ0v) is 23.7. The Morgan fingerprint density at radius 3 is 2.51 bits per heavy atom. The van der Waals surface area contributed by atoms with Crippen molar-refractivity contribution in [2.75, 3.05) is 34.5 Å². The number of carbonyl (C=O) groups excluding carboxylic acids is 2. The normalized spacial score (nSPS) is 15.8. The number of halogens is 1. The summed E-state index contributed by atoms with van der Waals surface area (Å²) in [5.41, 5.74) is 4.55. The summed E-state index contributed by atoms with van der Waals surface area (Å²) in [6.07, 6.45) is 0.367. The van der Waals surface area contributed by atoms with Crippen molar-refractivity contribution >= 4 is 34.1 Å². The highest BCUT2D eigenvalue weighted by atomic mass is 79.9. The highest BCUT2D eigenvalue weighted by Gasteiger charge is 2.32. The van der Waals surface area contributed by atoms with Gasteiger partial charge in [-0.15, -0.1) is 0 Å². The summed E-state index contributed by atoms with van der Waals surface area (Å²) in [4.78, 5) is 24.5. The first-order valence-electron chi connectivity index (χ1n) is 11.9. The molecule has 39 heavy (non-hydrogen) atoms. The number of esters is 1. The number of ether oxygens (including phenoxy) is 5. The second kappa shape index (κ2) is 13.7. The van der Waals surface area contributed by atoms with Crippen molar-refractivity contribution in [3.05, 3.63) is 57.2 Å². The fraction of sp³-hybridized carbons (Fsp3) is 0.346. The monoisotopic (exact) mass is 606 g/mol. The maximum Gasteiger partial charge on any atom is 0.337 e. The number of nitrogens with one attached hydrogen (secondary N) is 3. The Hall–Kier alpha value is -3.97. The lowest BCUT2D eigenvalue weighted by Crippen LogP contribution is -2.45. The van der Waals surface area contributed by atoms with E-state index in [1.807, 2.05) is 6.92 Å². The molecule has 0 spiro atoms. The van der Waals surface area contributed by atoms with E-state index < -0.39 is 24.3 Å².